The highest BCUT2D eigenvalue weighted by atomic mass is 35.5. The molecule has 40 heavy (non-hydrogen) atoms. The van der Waals surface area contributed by atoms with Crippen LogP contribution in [0.15, 0.2) is 66.9 Å². The molecule has 2 aromatic heterocycles. The molecule has 0 spiro atoms. The van der Waals surface area contributed by atoms with Gasteiger partial charge in [-0.15, -0.1) is 0 Å². The number of aromatic nitrogens is 3. The first-order chi connectivity index (χ1) is 19.1. The first-order valence-corrected chi connectivity index (χ1v) is 12.5. The maximum Gasteiger partial charge on any atom is 0.280 e. The van der Waals surface area contributed by atoms with Crippen molar-refractivity contribution >= 4 is 29.2 Å². The molecule has 0 radical (unpaired) electrons. The summed E-state index contributed by atoms with van der Waals surface area (Å²) in [6.07, 6.45) is 1.29. The zero-order chi connectivity index (χ0) is 28.4. The third kappa shape index (κ3) is 5.54. The van der Waals surface area contributed by atoms with Crippen molar-refractivity contribution in [3.8, 4) is 16.9 Å². The number of benzene rings is 2. The Morgan fingerprint density at radius 1 is 1.02 bits per heavy atom. The Bertz CT molecular complexity index is 1580. The van der Waals surface area contributed by atoms with Gasteiger partial charge in [0.05, 0.1) is 28.9 Å². The van der Waals surface area contributed by atoms with Gasteiger partial charge in [-0.3, -0.25) is 14.6 Å². The van der Waals surface area contributed by atoms with E-state index in [2.05, 4.69) is 26.0 Å². The molecule has 1 saturated heterocycles. The van der Waals surface area contributed by atoms with Crippen molar-refractivity contribution in [3.63, 3.8) is 0 Å². The lowest BCUT2D eigenvalue weighted by molar-refractivity contribution is -0.0488. The minimum absolute atomic E-state index is 0.00405. The van der Waals surface area contributed by atoms with Crippen LogP contribution in [0.25, 0.3) is 16.9 Å². The fourth-order valence-electron chi connectivity index (χ4n) is 4.26. The lowest BCUT2D eigenvalue weighted by atomic mass is 10.0. The molecule has 2 aromatic carbocycles. The zero-order valence-corrected chi connectivity index (χ0v) is 21.4. The van der Waals surface area contributed by atoms with Crippen molar-refractivity contribution in [2.75, 3.05) is 18.4 Å². The molecule has 3 N–H and O–H groups in total. The van der Waals surface area contributed by atoms with Gasteiger partial charge >= 0.3 is 0 Å². The molecule has 13 heteroatoms. The molecule has 1 aliphatic heterocycles. The number of nitrogens with one attached hydrogen (secondary N) is 3. The van der Waals surface area contributed by atoms with E-state index in [0.717, 1.165) is 18.2 Å². The third-order valence-corrected chi connectivity index (χ3v) is 6.60. The van der Waals surface area contributed by atoms with Crippen LogP contribution in [-0.2, 0) is 0 Å². The van der Waals surface area contributed by atoms with E-state index in [-0.39, 0.29) is 39.8 Å². The normalized spacial score (nSPS) is 16.4. The number of pyridine rings is 1. The number of carbonyl (C=O) groups is 2. The minimum atomic E-state index is -3.16. The Labute approximate surface area is 230 Å². The second-order valence-electron chi connectivity index (χ2n) is 9.01. The number of amides is 2. The summed E-state index contributed by atoms with van der Waals surface area (Å²) in [5.74, 6) is -6.52. The number of hydrogen-bond donors (Lipinski definition) is 3. The standard InChI is InChI=1S/C27H21ClF4N6O2/c28-18-12-20(30)17(24-19(29)7-4-9-34-24)11-16(18)25(39)36-23-13-21(37-38(23)15-5-2-1-3-6-15)26(40)35-22-8-10-33-14-27(22,31)32/h1-7,9,11-13,22,33H,8,10,14H2,(H,35,40)(H,36,39). The van der Waals surface area contributed by atoms with Crippen LogP contribution in [-0.4, -0.2) is 51.6 Å². The van der Waals surface area contributed by atoms with Crippen LogP contribution in [0.3, 0.4) is 0 Å². The van der Waals surface area contributed by atoms with Crippen LogP contribution in [0, 0.1) is 11.6 Å². The molecule has 4 aromatic rings. The summed E-state index contributed by atoms with van der Waals surface area (Å²) in [6, 6.07) is 12.6. The van der Waals surface area contributed by atoms with Crippen LogP contribution in [0.1, 0.15) is 27.3 Å². The molecule has 1 atom stereocenters. The lowest BCUT2D eigenvalue weighted by Crippen LogP contribution is -2.57. The SMILES string of the molecule is O=C(NC1CCNCC1(F)F)c1cc(NC(=O)c2cc(-c3ncccc3F)c(F)cc2Cl)n(-c2ccccc2)n1. The van der Waals surface area contributed by atoms with Gasteiger partial charge < -0.3 is 16.0 Å². The Morgan fingerprint density at radius 2 is 1.80 bits per heavy atom. The number of nitrogens with zero attached hydrogens (tertiary/aromatic N) is 3. The van der Waals surface area contributed by atoms with Gasteiger partial charge in [0.1, 0.15) is 23.1 Å². The van der Waals surface area contributed by atoms with Crippen molar-refractivity contribution in [1.82, 2.24) is 25.4 Å². The molecule has 8 nitrogen and oxygen atoms in total. The van der Waals surface area contributed by atoms with Crippen LogP contribution in [0.4, 0.5) is 23.4 Å². The highest BCUT2D eigenvalue weighted by molar-refractivity contribution is 6.34. The van der Waals surface area contributed by atoms with Gasteiger partial charge in [0.2, 0.25) is 0 Å². The van der Waals surface area contributed by atoms with Gasteiger partial charge in [0, 0.05) is 17.8 Å². The number of carbonyl (C=O) groups excluding carboxylic acids is 2. The van der Waals surface area contributed by atoms with Crippen molar-refractivity contribution < 1.29 is 27.2 Å². The molecule has 206 valence electrons. The summed E-state index contributed by atoms with van der Waals surface area (Å²) in [6.45, 7) is -0.260. The Kier molecular flexibility index (Phi) is 7.55. The fraction of sp³-hybridized carbons (Fsp3) is 0.185. The average Bonchev–Trinajstić information content (AvgIpc) is 3.35. The number of para-hydroxylation sites is 1. The summed E-state index contributed by atoms with van der Waals surface area (Å²) in [5, 5.41) is 11.5. The molecule has 1 fully saturated rings. The Morgan fingerprint density at radius 3 is 2.52 bits per heavy atom. The highest BCUT2D eigenvalue weighted by Crippen LogP contribution is 2.30. The van der Waals surface area contributed by atoms with E-state index in [9.17, 15) is 27.2 Å². The summed E-state index contributed by atoms with van der Waals surface area (Å²) in [4.78, 5) is 30.1. The quantitative estimate of drug-likeness (QED) is 0.287. The molecule has 0 bridgehead atoms. The van der Waals surface area contributed by atoms with Gasteiger partial charge in [-0.25, -0.2) is 22.2 Å². The van der Waals surface area contributed by atoms with Gasteiger partial charge in [-0.2, -0.15) is 5.10 Å². The lowest BCUT2D eigenvalue weighted by Gasteiger charge is -2.32. The van der Waals surface area contributed by atoms with Crippen molar-refractivity contribution in [1.29, 1.82) is 0 Å². The number of hydrogen-bond acceptors (Lipinski definition) is 5. The van der Waals surface area contributed by atoms with E-state index in [0.29, 0.717) is 12.2 Å². The highest BCUT2D eigenvalue weighted by Gasteiger charge is 2.42. The minimum Gasteiger partial charge on any atom is -0.342 e. The Hall–Kier alpha value is -4.29. The largest absolute Gasteiger partial charge is 0.342 e. The van der Waals surface area contributed by atoms with Crippen molar-refractivity contribution in [3.05, 3.63) is 94.8 Å². The number of anilines is 1. The smallest absolute Gasteiger partial charge is 0.280 e. The summed E-state index contributed by atoms with van der Waals surface area (Å²) >= 11 is 6.16. The predicted octanol–water partition coefficient (Wildman–Crippen LogP) is 4.85. The second kappa shape index (κ2) is 11.1. The van der Waals surface area contributed by atoms with Crippen LogP contribution >= 0.6 is 11.6 Å². The molecule has 1 unspecified atom stereocenters. The van der Waals surface area contributed by atoms with Crippen LogP contribution < -0.4 is 16.0 Å². The fourth-order valence-corrected chi connectivity index (χ4v) is 4.50. The molecule has 1 aliphatic rings. The van der Waals surface area contributed by atoms with Gasteiger partial charge in [-0.05, 0) is 49.4 Å². The van der Waals surface area contributed by atoms with E-state index in [1.54, 1.807) is 30.3 Å². The maximum absolute atomic E-state index is 14.7. The van der Waals surface area contributed by atoms with E-state index < -0.39 is 42.0 Å². The monoisotopic (exact) mass is 572 g/mol. The van der Waals surface area contributed by atoms with Gasteiger partial charge in [0.25, 0.3) is 17.7 Å². The van der Waals surface area contributed by atoms with E-state index in [4.69, 9.17) is 11.6 Å². The van der Waals surface area contributed by atoms with Crippen LogP contribution in [0.5, 0.6) is 0 Å². The number of piperidine rings is 1. The Balaban J connectivity index is 1.48. The molecule has 3 heterocycles. The summed E-state index contributed by atoms with van der Waals surface area (Å²) in [5.41, 5.74) is -0.578. The predicted molar refractivity (Wildman–Crippen MR) is 140 cm³/mol. The number of alkyl halides is 2. The average molecular weight is 573 g/mol. The van der Waals surface area contributed by atoms with Gasteiger partial charge in [0.15, 0.2) is 5.69 Å². The third-order valence-electron chi connectivity index (χ3n) is 6.28. The van der Waals surface area contributed by atoms with Crippen molar-refractivity contribution in [2.45, 2.75) is 18.4 Å². The first-order valence-electron chi connectivity index (χ1n) is 12.1. The topological polar surface area (TPSA) is 101 Å². The summed E-state index contributed by atoms with van der Waals surface area (Å²) in [7, 11) is 0. The molecule has 0 aliphatic carbocycles. The van der Waals surface area contributed by atoms with E-state index in [1.165, 1.54) is 23.0 Å². The molecular weight excluding hydrogens is 552 g/mol. The molecular formula is C27H21ClF4N6O2. The van der Waals surface area contributed by atoms with E-state index in [1.807, 2.05) is 0 Å². The summed E-state index contributed by atoms with van der Waals surface area (Å²) < 4.78 is 58.8. The van der Waals surface area contributed by atoms with E-state index >= 15 is 0 Å². The molecule has 2 amide bonds. The molecule has 5 rings (SSSR count). The maximum atomic E-state index is 14.7. The molecule has 0 saturated carbocycles. The number of halogens is 5. The second-order valence-corrected chi connectivity index (χ2v) is 9.42. The number of rotatable bonds is 6. The zero-order valence-electron chi connectivity index (χ0n) is 20.6. The van der Waals surface area contributed by atoms with Crippen molar-refractivity contribution in [2.24, 2.45) is 0 Å². The van der Waals surface area contributed by atoms with Gasteiger partial charge in [-0.1, -0.05) is 29.8 Å². The first kappa shape index (κ1) is 27.3. The van der Waals surface area contributed by atoms with Crippen LogP contribution in [0.2, 0.25) is 5.02 Å².